The zero-order chi connectivity index (χ0) is 25.3. The molecule has 3 saturated carbocycles. The van der Waals surface area contributed by atoms with Crippen LogP contribution in [0.1, 0.15) is 137 Å². The second-order valence-electron chi connectivity index (χ2n) is 11.8. The van der Waals surface area contributed by atoms with Crippen LogP contribution in [0.25, 0.3) is 0 Å². The van der Waals surface area contributed by atoms with Gasteiger partial charge in [-0.1, -0.05) is 57.8 Å². The first-order valence-corrected chi connectivity index (χ1v) is 14.5. The van der Waals surface area contributed by atoms with Crippen LogP contribution in [-0.2, 0) is 31.9 Å². The number of pyridine rings is 1. The van der Waals surface area contributed by atoms with Gasteiger partial charge in [-0.05, 0) is 61.5 Å². The number of rotatable bonds is 5. The number of hydrogen-bond donors (Lipinski definition) is 0. The molecule has 5 rings (SSSR count). The van der Waals surface area contributed by atoms with Gasteiger partial charge in [0.25, 0.3) is 5.56 Å². The number of carbonyl (C=O) groups excluding carboxylic acids is 2. The van der Waals surface area contributed by atoms with Crippen LogP contribution in [0.2, 0.25) is 0 Å². The monoisotopic (exact) mass is 497 g/mol. The molecule has 3 fully saturated rings. The third-order valence-electron chi connectivity index (χ3n) is 9.76. The molecule has 4 aliphatic carbocycles. The summed E-state index contributed by atoms with van der Waals surface area (Å²) in [6.45, 7) is 0. The molecule has 1 aromatic heterocycles. The van der Waals surface area contributed by atoms with Gasteiger partial charge in [0.15, 0.2) is 5.41 Å². The van der Waals surface area contributed by atoms with Crippen LogP contribution in [-0.4, -0.2) is 30.7 Å². The fraction of sp³-hybridized carbons (Fsp3) is 0.767. The molecule has 1 aromatic rings. The SMILES string of the molecule is COC(=O)C1(C(=O)OC)Cc2c(c(C3CCCCC3)n(C3CCCCC3)c(=O)c2C2CCCCC2)C1. The van der Waals surface area contributed by atoms with Gasteiger partial charge in [-0.15, -0.1) is 0 Å². The lowest BCUT2D eigenvalue weighted by atomic mass is 9.78. The first kappa shape index (κ1) is 25.5. The highest BCUT2D eigenvalue weighted by Crippen LogP contribution is 2.49. The average Bonchev–Trinajstić information content (AvgIpc) is 3.34. The summed E-state index contributed by atoms with van der Waals surface area (Å²) in [4.78, 5) is 41.1. The Morgan fingerprint density at radius 1 is 0.694 bits per heavy atom. The maximum Gasteiger partial charge on any atom is 0.323 e. The summed E-state index contributed by atoms with van der Waals surface area (Å²) in [7, 11) is 2.70. The van der Waals surface area contributed by atoms with Crippen molar-refractivity contribution in [2.45, 2.75) is 127 Å². The van der Waals surface area contributed by atoms with Gasteiger partial charge in [-0.3, -0.25) is 14.4 Å². The molecule has 0 bridgehead atoms. The van der Waals surface area contributed by atoms with Gasteiger partial charge in [0.05, 0.1) is 14.2 Å². The molecule has 0 aliphatic heterocycles. The summed E-state index contributed by atoms with van der Waals surface area (Å²) in [6, 6.07) is 0.224. The van der Waals surface area contributed by atoms with Gasteiger partial charge in [0, 0.05) is 30.1 Å². The summed E-state index contributed by atoms with van der Waals surface area (Å²) in [5.41, 5.74) is 2.93. The number of methoxy groups -OCH3 is 2. The van der Waals surface area contributed by atoms with E-state index in [0.29, 0.717) is 12.3 Å². The molecule has 0 unspecified atom stereocenters. The molecule has 0 spiro atoms. The Kier molecular flexibility index (Phi) is 7.60. The highest BCUT2D eigenvalue weighted by Gasteiger charge is 2.55. The third-order valence-corrected chi connectivity index (χ3v) is 9.76. The number of esters is 2. The van der Waals surface area contributed by atoms with Crippen LogP contribution in [0.4, 0.5) is 0 Å². The molecule has 6 nitrogen and oxygen atoms in total. The van der Waals surface area contributed by atoms with Crippen LogP contribution in [0.5, 0.6) is 0 Å². The van der Waals surface area contributed by atoms with E-state index in [0.717, 1.165) is 86.6 Å². The van der Waals surface area contributed by atoms with Gasteiger partial charge in [0.1, 0.15) is 0 Å². The van der Waals surface area contributed by atoms with Crippen molar-refractivity contribution in [1.82, 2.24) is 4.57 Å². The minimum atomic E-state index is -1.39. The number of ether oxygens (including phenoxy) is 2. The number of hydrogen-bond acceptors (Lipinski definition) is 5. The number of aromatic nitrogens is 1. The van der Waals surface area contributed by atoms with E-state index in [1.807, 2.05) is 0 Å². The zero-order valence-electron chi connectivity index (χ0n) is 22.2. The molecule has 0 aromatic carbocycles. The molecule has 198 valence electrons. The summed E-state index contributed by atoms with van der Waals surface area (Å²) in [5.74, 6) is -0.548. The maximum atomic E-state index is 14.6. The largest absolute Gasteiger partial charge is 0.468 e. The second-order valence-corrected chi connectivity index (χ2v) is 11.8. The minimum absolute atomic E-state index is 0.179. The van der Waals surface area contributed by atoms with Gasteiger partial charge in [0.2, 0.25) is 0 Å². The Labute approximate surface area is 215 Å². The molecular weight excluding hydrogens is 454 g/mol. The van der Waals surface area contributed by atoms with Crippen molar-refractivity contribution < 1.29 is 19.1 Å². The van der Waals surface area contributed by atoms with Gasteiger partial charge in [-0.25, -0.2) is 0 Å². The Morgan fingerprint density at radius 2 is 1.17 bits per heavy atom. The summed E-state index contributed by atoms with van der Waals surface area (Å²) < 4.78 is 12.6. The lowest BCUT2D eigenvalue weighted by molar-refractivity contribution is -0.168. The number of nitrogens with zero attached hydrogens (tertiary/aromatic N) is 1. The van der Waals surface area contributed by atoms with Crippen LogP contribution in [0.3, 0.4) is 0 Å². The highest BCUT2D eigenvalue weighted by molar-refractivity contribution is 6.01. The van der Waals surface area contributed by atoms with E-state index in [-0.39, 0.29) is 23.9 Å². The predicted octanol–water partition coefficient (Wildman–Crippen LogP) is 5.88. The maximum absolute atomic E-state index is 14.6. The topological polar surface area (TPSA) is 74.6 Å². The molecular formula is C30H43NO5. The van der Waals surface area contributed by atoms with Crippen molar-refractivity contribution in [3.63, 3.8) is 0 Å². The van der Waals surface area contributed by atoms with Crippen molar-refractivity contribution in [1.29, 1.82) is 0 Å². The molecule has 0 amide bonds. The van der Waals surface area contributed by atoms with Crippen molar-refractivity contribution in [2.75, 3.05) is 14.2 Å². The third kappa shape index (κ3) is 4.32. The van der Waals surface area contributed by atoms with E-state index in [1.54, 1.807) is 0 Å². The molecule has 4 aliphatic rings. The molecule has 0 saturated heterocycles. The normalized spacial score (nSPS) is 23.3. The van der Waals surface area contributed by atoms with Crippen molar-refractivity contribution >= 4 is 11.9 Å². The van der Waals surface area contributed by atoms with Crippen LogP contribution < -0.4 is 5.56 Å². The van der Waals surface area contributed by atoms with E-state index in [1.165, 1.54) is 46.3 Å². The minimum Gasteiger partial charge on any atom is -0.468 e. The second kappa shape index (κ2) is 10.7. The van der Waals surface area contributed by atoms with Crippen LogP contribution >= 0.6 is 0 Å². The Balaban J connectivity index is 1.76. The van der Waals surface area contributed by atoms with Crippen LogP contribution in [0, 0.1) is 5.41 Å². The molecule has 36 heavy (non-hydrogen) atoms. The Bertz CT molecular complexity index is 1020. The highest BCUT2D eigenvalue weighted by atomic mass is 16.5. The molecule has 0 atom stereocenters. The Morgan fingerprint density at radius 3 is 1.69 bits per heavy atom. The Hall–Kier alpha value is -2.11. The quantitative estimate of drug-likeness (QED) is 0.375. The van der Waals surface area contributed by atoms with E-state index in [9.17, 15) is 14.4 Å². The zero-order valence-corrected chi connectivity index (χ0v) is 22.2. The lowest BCUT2D eigenvalue weighted by Gasteiger charge is -2.35. The standard InChI is InChI=1S/C30H43NO5/c1-35-28(33)30(29(34)36-2)18-23-24(19-30)26(21-14-8-4-9-15-21)31(22-16-10-5-11-17-22)27(32)25(23)20-12-6-3-7-13-20/h20-22H,3-19H2,1-2H3. The molecule has 0 N–H and O–H groups in total. The van der Waals surface area contributed by atoms with E-state index >= 15 is 0 Å². The van der Waals surface area contributed by atoms with E-state index in [2.05, 4.69) is 4.57 Å². The predicted molar refractivity (Wildman–Crippen MR) is 138 cm³/mol. The lowest BCUT2D eigenvalue weighted by Crippen LogP contribution is -2.42. The van der Waals surface area contributed by atoms with E-state index in [4.69, 9.17) is 9.47 Å². The summed E-state index contributed by atoms with van der Waals surface area (Å²) in [5, 5.41) is 0. The van der Waals surface area contributed by atoms with Crippen molar-refractivity contribution in [2.24, 2.45) is 5.41 Å². The van der Waals surface area contributed by atoms with Gasteiger partial charge in [-0.2, -0.15) is 0 Å². The fourth-order valence-corrected chi connectivity index (χ4v) is 7.99. The number of fused-ring (bicyclic) bond motifs is 1. The van der Waals surface area contributed by atoms with Crippen molar-refractivity contribution in [3.8, 4) is 0 Å². The molecule has 6 heteroatoms. The fourth-order valence-electron chi connectivity index (χ4n) is 7.99. The molecule has 1 heterocycles. The first-order chi connectivity index (χ1) is 17.5. The smallest absolute Gasteiger partial charge is 0.323 e. The van der Waals surface area contributed by atoms with Gasteiger partial charge >= 0.3 is 11.9 Å². The number of carbonyl (C=O) groups is 2. The van der Waals surface area contributed by atoms with Crippen LogP contribution in [0.15, 0.2) is 4.79 Å². The average molecular weight is 498 g/mol. The van der Waals surface area contributed by atoms with Gasteiger partial charge < -0.3 is 14.0 Å². The van der Waals surface area contributed by atoms with Crippen molar-refractivity contribution in [3.05, 3.63) is 32.7 Å². The molecule has 0 radical (unpaired) electrons. The summed E-state index contributed by atoms with van der Waals surface area (Å²) >= 11 is 0. The van der Waals surface area contributed by atoms with E-state index < -0.39 is 17.4 Å². The first-order valence-electron chi connectivity index (χ1n) is 14.5. The summed E-state index contributed by atoms with van der Waals surface area (Å²) in [6.07, 6.45) is 17.4.